The number of fused-ring (bicyclic) bond motifs is 2. The second-order valence-corrected chi connectivity index (χ2v) is 25.7. The zero-order valence-corrected chi connectivity index (χ0v) is 24.4. The highest BCUT2D eigenvalue weighted by Gasteiger charge is 2.53. The van der Waals surface area contributed by atoms with E-state index in [1.807, 2.05) is 0 Å². The molecule has 0 radical (unpaired) electrons. The monoisotopic (exact) mass is 490 g/mol. The van der Waals surface area contributed by atoms with Crippen molar-refractivity contribution in [3.8, 4) is 0 Å². The summed E-state index contributed by atoms with van der Waals surface area (Å²) in [6.07, 6.45) is 2.98. The highest BCUT2D eigenvalue weighted by Crippen LogP contribution is 2.55. The minimum atomic E-state index is -2.49. The fourth-order valence-corrected chi connectivity index (χ4v) is 27.9. The number of hydrogen-bond acceptors (Lipinski definition) is 6. The maximum absolute atomic E-state index is 12.7. The molecule has 0 aromatic rings. The fourth-order valence-electron chi connectivity index (χ4n) is 6.29. The van der Waals surface area contributed by atoms with E-state index in [0.29, 0.717) is 24.4 Å². The van der Waals surface area contributed by atoms with Crippen molar-refractivity contribution in [1.82, 2.24) is 0 Å². The van der Waals surface area contributed by atoms with Gasteiger partial charge in [0, 0.05) is 0 Å². The summed E-state index contributed by atoms with van der Waals surface area (Å²) >= 11 is 0. The first-order chi connectivity index (χ1) is 13.6. The molecule has 5 unspecified atom stereocenters. The van der Waals surface area contributed by atoms with E-state index in [9.17, 15) is 4.79 Å². The molecule has 0 spiro atoms. The van der Waals surface area contributed by atoms with Gasteiger partial charge in [-0.05, 0) is 94.8 Å². The normalized spacial score (nSPS) is 38.6. The van der Waals surface area contributed by atoms with E-state index in [0.717, 1.165) is 24.8 Å². The van der Waals surface area contributed by atoms with Crippen molar-refractivity contribution < 1.29 is 26.0 Å². The molecule has 1 heterocycles. The Kier molecular flexibility index (Phi) is 7.04. The number of esters is 1. The van der Waals surface area contributed by atoms with Crippen LogP contribution in [0.4, 0.5) is 0 Å². The van der Waals surface area contributed by atoms with Crippen molar-refractivity contribution in [2.75, 3.05) is 6.61 Å². The number of carbonyl (C=O) groups is 1. The maximum atomic E-state index is 12.7. The van der Waals surface area contributed by atoms with Gasteiger partial charge in [-0.2, -0.15) is 0 Å². The highest BCUT2D eigenvalue weighted by molar-refractivity contribution is 6.93. The zero-order chi connectivity index (χ0) is 22.5. The van der Waals surface area contributed by atoms with Gasteiger partial charge in [0.15, 0.2) is 0 Å². The van der Waals surface area contributed by atoms with Crippen molar-refractivity contribution in [2.45, 2.75) is 85.0 Å². The van der Waals surface area contributed by atoms with Gasteiger partial charge in [-0.3, -0.25) is 4.79 Å². The third-order valence-corrected chi connectivity index (χ3v) is 23.6. The van der Waals surface area contributed by atoms with E-state index in [4.69, 9.17) is 21.2 Å². The second kappa shape index (κ2) is 8.51. The third kappa shape index (κ3) is 5.75. The van der Waals surface area contributed by atoms with Crippen molar-refractivity contribution in [1.29, 1.82) is 0 Å². The largest absolute Gasteiger partial charge is 0.465 e. The molecule has 3 fully saturated rings. The summed E-state index contributed by atoms with van der Waals surface area (Å²) in [6, 6.07) is 0.784. The Morgan fingerprint density at radius 3 is 1.87 bits per heavy atom. The van der Waals surface area contributed by atoms with Crippen LogP contribution in [-0.4, -0.2) is 46.8 Å². The molecule has 0 N–H and O–H groups in total. The average Bonchev–Trinajstić information content (AvgIpc) is 3.07. The van der Waals surface area contributed by atoms with Gasteiger partial charge >= 0.3 is 40.2 Å². The molecular formula is C20H42O6Si4. The fraction of sp³-hybridized carbons (Fsp3) is 0.950. The lowest BCUT2D eigenvalue weighted by Gasteiger charge is -2.47. The van der Waals surface area contributed by atoms with E-state index in [1.54, 1.807) is 0 Å². The van der Waals surface area contributed by atoms with Crippen molar-refractivity contribution >= 4 is 40.2 Å². The Hall–Kier alpha value is 0.178. The minimum absolute atomic E-state index is 0.0106. The van der Waals surface area contributed by atoms with Gasteiger partial charge in [0.25, 0.3) is 0 Å². The molecule has 0 aromatic heterocycles. The molecule has 2 aliphatic carbocycles. The lowest BCUT2D eigenvalue weighted by atomic mass is 9.76. The van der Waals surface area contributed by atoms with Crippen molar-refractivity contribution in [3.05, 3.63) is 0 Å². The molecule has 2 bridgehead atoms. The van der Waals surface area contributed by atoms with E-state index in [-0.39, 0.29) is 11.9 Å². The molecule has 3 rings (SSSR count). The predicted octanol–water partition coefficient (Wildman–Crippen LogP) is 5.11. The summed E-state index contributed by atoms with van der Waals surface area (Å²) in [7, 11) is -9.44. The summed E-state index contributed by atoms with van der Waals surface area (Å²) < 4.78 is 31.7. The maximum Gasteiger partial charge on any atom is 0.317 e. The molecule has 3 aliphatic rings. The van der Waals surface area contributed by atoms with Crippen LogP contribution in [0, 0.1) is 29.6 Å². The Labute approximate surface area is 187 Å². The Morgan fingerprint density at radius 1 is 0.833 bits per heavy atom. The Morgan fingerprint density at radius 2 is 1.37 bits per heavy atom. The predicted molar refractivity (Wildman–Crippen MR) is 127 cm³/mol. The van der Waals surface area contributed by atoms with Crippen LogP contribution >= 0.6 is 0 Å². The topological polar surface area (TPSA) is 63.2 Å². The number of carbonyl (C=O) groups excluding carboxylic acids is 1. The van der Waals surface area contributed by atoms with Gasteiger partial charge in [0.2, 0.25) is 0 Å². The van der Waals surface area contributed by atoms with Crippen LogP contribution in [0.25, 0.3) is 0 Å². The summed E-state index contributed by atoms with van der Waals surface area (Å²) in [5.74, 6) is 2.72. The van der Waals surface area contributed by atoms with Gasteiger partial charge in [0.05, 0.1) is 12.5 Å². The SMILES string of the molecule is CC1C2CC(C(=O)OCCC[Si]3(C)O[Si](C)(C)O[Si](C)(C)O[Si](C)(C)O3)C(C2)C1C. The lowest BCUT2D eigenvalue weighted by Crippen LogP contribution is -2.65. The number of hydrogen-bond donors (Lipinski definition) is 0. The van der Waals surface area contributed by atoms with Crippen LogP contribution in [0.1, 0.15) is 33.1 Å². The van der Waals surface area contributed by atoms with Crippen LogP contribution in [0.2, 0.25) is 51.9 Å². The van der Waals surface area contributed by atoms with Crippen LogP contribution < -0.4 is 0 Å². The van der Waals surface area contributed by atoms with E-state index >= 15 is 0 Å². The van der Waals surface area contributed by atoms with Crippen LogP contribution in [-0.2, 0) is 26.0 Å². The zero-order valence-electron chi connectivity index (χ0n) is 20.4. The van der Waals surface area contributed by atoms with Gasteiger partial charge in [0.1, 0.15) is 0 Å². The summed E-state index contributed by atoms with van der Waals surface area (Å²) in [5, 5.41) is 0. The summed E-state index contributed by atoms with van der Waals surface area (Å²) in [5.41, 5.74) is 0. The molecule has 30 heavy (non-hydrogen) atoms. The first-order valence-corrected chi connectivity index (χ1v) is 22.6. The highest BCUT2D eigenvalue weighted by atomic mass is 28.5. The molecule has 174 valence electrons. The first-order valence-electron chi connectivity index (χ1n) is 11.6. The van der Waals surface area contributed by atoms with Crippen LogP contribution in [0.15, 0.2) is 0 Å². The molecule has 2 saturated carbocycles. The van der Waals surface area contributed by atoms with E-state index in [2.05, 4.69) is 59.7 Å². The van der Waals surface area contributed by atoms with Gasteiger partial charge < -0.3 is 21.2 Å². The van der Waals surface area contributed by atoms with Gasteiger partial charge in [-0.1, -0.05) is 13.8 Å². The average molecular weight is 491 g/mol. The smallest absolute Gasteiger partial charge is 0.317 e. The minimum Gasteiger partial charge on any atom is -0.465 e. The standard InChI is InChI=1S/C20H42O6Si4/c1-15-16(2)18-13-17(15)14-19(18)20(21)22-11-10-12-30(9)25-28(5,6)23-27(3,4)24-29(7,8)26-30/h15-19H,10-14H2,1-9H3. The van der Waals surface area contributed by atoms with E-state index < -0.39 is 34.2 Å². The van der Waals surface area contributed by atoms with Gasteiger partial charge in [-0.25, -0.2) is 0 Å². The van der Waals surface area contributed by atoms with E-state index in [1.165, 1.54) is 6.42 Å². The quantitative estimate of drug-likeness (QED) is 0.303. The third-order valence-electron chi connectivity index (χ3n) is 7.13. The van der Waals surface area contributed by atoms with Crippen LogP contribution in [0.5, 0.6) is 0 Å². The number of ether oxygens (including phenoxy) is 1. The summed E-state index contributed by atoms with van der Waals surface area (Å²) in [6.45, 7) is 19.7. The van der Waals surface area contributed by atoms with Crippen LogP contribution in [0.3, 0.4) is 0 Å². The lowest BCUT2D eigenvalue weighted by molar-refractivity contribution is -0.151. The second-order valence-electron chi connectivity index (χ2n) is 11.2. The molecule has 1 aliphatic heterocycles. The summed E-state index contributed by atoms with van der Waals surface area (Å²) in [4.78, 5) is 12.7. The Balaban J connectivity index is 1.52. The molecule has 5 atom stereocenters. The van der Waals surface area contributed by atoms with Crippen molar-refractivity contribution in [3.63, 3.8) is 0 Å². The number of rotatable bonds is 5. The molecule has 1 saturated heterocycles. The molecule has 6 nitrogen and oxygen atoms in total. The molecule has 0 aromatic carbocycles. The molecule has 0 amide bonds. The van der Waals surface area contributed by atoms with Gasteiger partial charge in [-0.15, -0.1) is 0 Å². The van der Waals surface area contributed by atoms with Crippen molar-refractivity contribution in [2.24, 2.45) is 29.6 Å². The Bertz CT molecular complexity index is 631. The first kappa shape index (κ1) is 24.8. The molecular weight excluding hydrogens is 449 g/mol. The molecule has 10 heteroatoms.